The maximum atomic E-state index is 4.93. The van der Waals surface area contributed by atoms with Gasteiger partial charge in [-0.25, -0.2) is 4.98 Å². The molecule has 0 unspecified atom stereocenters. The molecule has 0 amide bonds. The highest BCUT2D eigenvalue weighted by molar-refractivity contribution is 7.15. The first-order valence-corrected chi connectivity index (χ1v) is 9.00. The van der Waals surface area contributed by atoms with Crippen LogP contribution in [0.2, 0.25) is 0 Å². The molecule has 1 N–H and O–H groups in total. The van der Waals surface area contributed by atoms with Crippen molar-refractivity contribution < 1.29 is 0 Å². The Balaban J connectivity index is 1.91. The molecule has 0 radical (unpaired) electrons. The topological polar surface area (TPSA) is 32.6 Å². The van der Waals surface area contributed by atoms with E-state index in [0.717, 1.165) is 24.6 Å². The fourth-order valence-electron chi connectivity index (χ4n) is 2.79. The first kappa shape index (κ1) is 14.9. The number of hydrogen-bond donors (Lipinski definition) is 1. The number of hydrogen-bond acceptors (Lipinski definition) is 4. The van der Waals surface area contributed by atoms with E-state index < -0.39 is 0 Å². The molecule has 1 saturated carbocycles. The third-order valence-corrected chi connectivity index (χ3v) is 4.64. The predicted octanol–water partition coefficient (Wildman–Crippen LogP) is 3.52. The number of anilines is 1. The Kier molecular flexibility index (Phi) is 4.50. The van der Waals surface area contributed by atoms with Gasteiger partial charge in [0.05, 0.1) is 5.69 Å². The minimum atomic E-state index is 0.668. The minimum absolute atomic E-state index is 0.668. The average Bonchev–Trinajstić information content (AvgIpc) is 3.09. The van der Waals surface area contributed by atoms with Crippen molar-refractivity contribution in [2.75, 3.05) is 18.0 Å². The summed E-state index contributed by atoms with van der Waals surface area (Å²) in [5, 5.41) is 5.67. The Morgan fingerprint density at radius 1 is 1.48 bits per heavy atom. The number of rotatable bonds is 8. The van der Waals surface area contributed by atoms with Gasteiger partial charge in [0.1, 0.15) is 0 Å². The summed E-state index contributed by atoms with van der Waals surface area (Å²) in [4.78, 5) is 8.60. The fraction of sp³-hybridized carbons (Fsp3) is 0.688. The van der Waals surface area contributed by atoms with Crippen LogP contribution in [0, 0.1) is 5.92 Å². The zero-order valence-corrected chi connectivity index (χ0v) is 14.1. The zero-order valence-electron chi connectivity index (χ0n) is 13.3. The monoisotopic (exact) mass is 306 g/mol. The molecule has 21 heavy (non-hydrogen) atoms. The van der Waals surface area contributed by atoms with E-state index in [4.69, 9.17) is 4.98 Å². The highest BCUT2D eigenvalue weighted by Crippen LogP contribution is 2.35. The molecule has 0 saturated heterocycles. The molecule has 0 bridgehead atoms. The molecule has 116 valence electrons. The number of nitrogens with zero attached hydrogens (tertiary/aromatic N) is 3. The smallest absolute Gasteiger partial charge is 0.195 e. The summed E-state index contributed by atoms with van der Waals surface area (Å²) in [5.41, 5.74) is 1.33. The van der Waals surface area contributed by atoms with Crippen LogP contribution in [0.25, 0.3) is 4.96 Å². The SMILES string of the molecule is CCCNCc1c(N(CC(C)C)C2CC2)nc2sccn12. The van der Waals surface area contributed by atoms with Crippen LogP contribution < -0.4 is 10.2 Å². The van der Waals surface area contributed by atoms with Gasteiger partial charge in [-0.15, -0.1) is 11.3 Å². The van der Waals surface area contributed by atoms with Crippen molar-refractivity contribution in [1.82, 2.24) is 14.7 Å². The quantitative estimate of drug-likeness (QED) is 0.757. The lowest BCUT2D eigenvalue weighted by molar-refractivity contribution is 0.597. The lowest BCUT2D eigenvalue weighted by Gasteiger charge is -2.25. The lowest BCUT2D eigenvalue weighted by atomic mass is 10.2. The Labute approximate surface area is 131 Å². The first-order valence-electron chi connectivity index (χ1n) is 8.12. The van der Waals surface area contributed by atoms with Crippen molar-refractivity contribution in [2.24, 2.45) is 5.92 Å². The van der Waals surface area contributed by atoms with Crippen LogP contribution in [0.5, 0.6) is 0 Å². The molecule has 1 aliphatic rings. The summed E-state index contributed by atoms with van der Waals surface area (Å²) < 4.78 is 2.26. The van der Waals surface area contributed by atoms with E-state index >= 15 is 0 Å². The van der Waals surface area contributed by atoms with Gasteiger partial charge in [-0.3, -0.25) is 4.40 Å². The molecule has 4 nitrogen and oxygen atoms in total. The van der Waals surface area contributed by atoms with Gasteiger partial charge in [-0.1, -0.05) is 20.8 Å². The maximum Gasteiger partial charge on any atom is 0.195 e. The second-order valence-electron chi connectivity index (χ2n) is 6.39. The summed E-state index contributed by atoms with van der Waals surface area (Å²) in [7, 11) is 0. The Morgan fingerprint density at radius 3 is 2.95 bits per heavy atom. The van der Waals surface area contributed by atoms with E-state index in [1.54, 1.807) is 11.3 Å². The maximum absolute atomic E-state index is 4.93. The van der Waals surface area contributed by atoms with Crippen molar-refractivity contribution in [3.05, 3.63) is 17.3 Å². The van der Waals surface area contributed by atoms with Gasteiger partial charge in [0.2, 0.25) is 0 Å². The molecule has 0 aromatic carbocycles. The van der Waals surface area contributed by atoms with Crippen LogP contribution in [-0.2, 0) is 6.54 Å². The van der Waals surface area contributed by atoms with Gasteiger partial charge in [-0.2, -0.15) is 0 Å². The Bertz CT molecular complexity index is 582. The van der Waals surface area contributed by atoms with Crippen LogP contribution in [0.1, 0.15) is 45.7 Å². The van der Waals surface area contributed by atoms with E-state index in [1.807, 2.05) is 0 Å². The average molecular weight is 306 g/mol. The number of imidazole rings is 1. The molecule has 0 aliphatic heterocycles. The Morgan fingerprint density at radius 2 is 2.29 bits per heavy atom. The molecule has 0 atom stereocenters. The van der Waals surface area contributed by atoms with E-state index in [1.165, 1.54) is 30.8 Å². The third-order valence-electron chi connectivity index (χ3n) is 3.88. The zero-order chi connectivity index (χ0) is 14.8. The molecular weight excluding hydrogens is 280 g/mol. The highest BCUT2D eigenvalue weighted by Gasteiger charge is 2.33. The van der Waals surface area contributed by atoms with Crippen molar-refractivity contribution in [2.45, 2.75) is 52.6 Å². The normalized spacial score (nSPS) is 15.2. The van der Waals surface area contributed by atoms with Crippen molar-refractivity contribution in [3.63, 3.8) is 0 Å². The standard InChI is InChI=1S/C16H26N4S/c1-4-7-17-10-14-15(18-16-19(14)8-9-21-16)20(11-12(2)3)13-5-6-13/h8-9,12-13,17H,4-7,10-11H2,1-3H3. The predicted molar refractivity (Wildman–Crippen MR) is 90.3 cm³/mol. The number of fused-ring (bicyclic) bond motifs is 1. The van der Waals surface area contributed by atoms with Crippen LogP contribution >= 0.6 is 11.3 Å². The van der Waals surface area contributed by atoms with Gasteiger partial charge in [0, 0.05) is 30.7 Å². The van der Waals surface area contributed by atoms with Crippen LogP contribution in [0.3, 0.4) is 0 Å². The molecule has 3 rings (SSSR count). The van der Waals surface area contributed by atoms with Gasteiger partial charge < -0.3 is 10.2 Å². The lowest BCUT2D eigenvalue weighted by Crippen LogP contribution is -2.31. The fourth-order valence-corrected chi connectivity index (χ4v) is 3.52. The first-order chi connectivity index (χ1) is 10.2. The molecule has 2 heterocycles. The van der Waals surface area contributed by atoms with E-state index in [9.17, 15) is 0 Å². The van der Waals surface area contributed by atoms with E-state index in [0.29, 0.717) is 12.0 Å². The van der Waals surface area contributed by atoms with Crippen LogP contribution in [-0.4, -0.2) is 28.5 Å². The summed E-state index contributed by atoms with van der Waals surface area (Å²) >= 11 is 1.73. The van der Waals surface area contributed by atoms with Gasteiger partial charge in [-0.05, 0) is 31.7 Å². The van der Waals surface area contributed by atoms with Crippen molar-refractivity contribution in [3.8, 4) is 0 Å². The molecule has 1 aliphatic carbocycles. The highest BCUT2D eigenvalue weighted by atomic mass is 32.1. The summed E-state index contributed by atoms with van der Waals surface area (Å²) in [6.45, 7) is 9.87. The third kappa shape index (κ3) is 3.24. The molecule has 0 spiro atoms. The summed E-state index contributed by atoms with van der Waals surface area (Å²) in [5.74, 6) is 1.88. The van der Waals surface area contributed by atoms with Gasteiger partial charge in [0.15, 0.2) is 10.8 Å². The Hall–Kier alpha value is -1.07. The molecule has 2 aromatic rings. The van der Waals surface area contributed by atoms with Crippen molar-refractivity contribution in [1.29, 1.82) is 0 Å². The van der Waals surface area contributed by atoms with E-state index in [-0.39, 0.29) is 0 Å². The number of thiazole rings is 1. The largest absolute Gasteiger partial charge is 0.352 e. The summed E-state index contributed by atoms with van der Waals surface area (Å²) in [6.07, 6.45) is 5.96. The van der Waals surface area contributed by atoms with Crippen LogP contribution in [0.15, 0.2) is 11.6 Å². The van der Waals surface area contributed by atoms with Gasteiger partial charge in [0.25, 0.3) is 0 Å². The molecule has 1 fully saturated rings. The number of aromatic nitrogens is 2. The molecular formula is C16H26N4S. The minimum Gasteiger partial charge on any atom is -0.352 e. The van der Waals surface area contributed by atoms with Gasteiger partial charge >= 0.3 is 0 Å². The molecule has 2 aromatic heterocycles. The van der Waals surface area contributed by atoms with E-state index in [2.05, 4.69) is 47.0 Å². The summed E-state index contributed by atoms with van der Waals surface area (Å²) in [6, 6.07) is 0.710. The second kappa shape index (κ2) is 6.36. The molecule has 5 heteroatoms. The van der Waals surface area contributed by atoms with Crippen molar-refractivity contribution >= 4 is 22.1 Å². The number of nitrogens with one attached hydrogen (secondary N) is 1. The van der Waals surface area contributed by atoms with Crippen LogP contribution in [0.4, 0.5) is 5.82 Å². The second-order valence-corrected chi connectivity index (χ2v) is 7.26.